The lowest BCUT2D eigenvalue weighted by Crippen LogP contribution is -2.06. The van der Waals surface area contributed by atoms with Crippen molar-refractivity contribution in [1.29, 1.82) is 0 Å². The van der Waals surface area contributed by atoms with Crippen LogP contribution < -0.4 is 5.43 Å². The van der Waals surface area contributed by atoms with Gasteiger partial charge in [0, 0.05) is 0 Å². The van der Waals surface area contributed by atoms with Gasteiger partial charge in [-0.2, -0.15) is 0 Å². The van der Waals surface area contributed by atoms with Crippen molar-refractivity contribution in [3.63, 3.8) is 0 Å². The molecule has 0 atom stereocenters. The van der Waals surface area contributed by atoms with Crippen LogP contribution in [0.25, 0.3) is 0 Å². The van der Waals surface area contributed by atoms with Crippen molar-refractivity contribution in [3.05, 3.63) is 15.1 Å². The fraction of sp³-hybridized carbons (Fsp3) is 0.333. The van der Waals surface area contributed by atoms with E-state index in [0.717, 1.165) is 11.3 Å². The predicted octanol–water partition coefficient (Wildman–Crippen LogP) is 0.450. The highest BCUT2D eigenvalue weighted by Gasteiger charge is 2.03. The molecule has 0 aromatic carbocycles. The van der Waals surface area contributed by atoms with E-state index in [9.17, 15) is 10.1 Å². The summed E-state index contributed by atoms with van der Waals surface area (Å²) in [6.45, 7) is 1.72. The van der Waals surface area contributed by atoms with Crippen molar-refractivity contribution in [2.24, 2.45) is 0 Å². The topological polar surface area (TPSA) is 81.0 Å². The van der Waals surface area contributed by atoms with E-state index < -0.39 is 5.03 Å². The van der Waals surface area contributed by atoms with Gasteiger partial charge in [-0.05, 0) is 6.92 Å². The predicted molar refractivity (Wildman–Crippen MR) is 35.3 cm³/mol. The maximum Gasteiger partial charge on any atom is 0.267 e. The number of anilines is 1. The molecule has 1 heterocycles. The number of nitrogens with zero attached hydrogens (tertiary/aromatic N) is 3. The maximum absolute atomic E-state index is 9.81. The molecule has 54 valence electrons. The maximum atomic E-state index is 9.81. The molecule has 7 heteroatoms. The highest BCUT2D eigenvalue weighted by molar-refractivity contribution is 7.15. The van der Waals surface area contributed by atoms with Gasteiger partial charge in [-0.15, -0.1) is 10.2 Å². The molecule has 0 saturated carbocycles. The smallest absolute Gasteiger partial charge is 0.234 e. The molecule has 1 aromatic heterocycles. The van der Waals surface area contributed by atoms with Crippen LogP contribution in [-0.2, 0) is 0 Å². The van der Waals surface area contributed by atoms with Crippen molar-refractivity contribution < 1.29 is 5.03 Å². The third-order valence-electron chi connectivity index (χ3n) is 0.713. The molecule has 0 aliphatic heterocycles. The highest BCUT2D eigenvalue weighted by Crippen LogP contribution is 2.12. The molecule has 0 aliphatic carbocycles. The zero-order chi connectivity index (χ0) is 7.56. The van der Waals surface area contributed by atoms with Gasteiger partial charge < -0.3 is 0 Å². The molecule has 0 bridgehead atoms. The van der Waals surface area contributed by atoms with Gasteiger partial charge in [-0.1, -0.05) is 16.8 Å². The molecule has 0 fully saturated rings. The summed E-state index contributed by atoms with van der Waals surface area (Å²) in [7, 11) is 0. The molecule has 0 unspecified atom stereocenters. The quantitative estimate of drug-likeness (QED) is 0.501. The average molecular weight is 160 g/mol. The van der Waals surface area contributed by atoms with Crippen LogP contribution >= 0.6 is 11.3 Å². The summed E-state index contributed by atoms with van der Waals surface area (Å²) in [5.74, 6) is 0. The van der Waals surface area contributed by atoms with E-state index in [1.54, 1.807) is 6.92 Å². The Balaban J connectivity index is 2.67. The molecule has 0 saturated heterocycles. The van der Waals surface area contributed by atoms with E-state index in [1.807, 2.05) is 5.43 Å². The summed E-state index contributed by atoms with van der Waals surface area (Å²) in [6.07, 6.45) is 0. The van der Waals surface area contributed by atoms with Crippen molar-refractivity contribution in [2.45, 2.75) is 6.92 Å². The summed E-state index contributed by atoms with van der Waals surface area (Å²) in [6, 6.07) is 0. The van der Waals surface area contributed by atoms with Crippen LogP contribution in [0.1, 0.15) is 5.01 Å². The van der Waals surface area contributed by atoms with Crippen LogP contribution in [0.15, 0.2) is 0 Å². The minimum absolute atomic E-state index is 0.211. The van der Waals surface area contributed by atoms with Gasteiger partial charge in [0.1, 0.15) is 5.01 Å². The molecule has 1 rings (SSSR count). The molecule has 0 amide bonds. The third-order valence-corrected chi connectivity index (χ3v) is 1.46. The lowest BCUT2D eigenvalue weighted by Gasteiger charge is -1.84. The Labute approximate surface area is 60.0 Å². The van der Waals surface area contributed by atoms with E-state index in [0.29, 0.717) is 5.01 Å². The van der Waals surface area contributed by atoms with Crippen molar-refractivity contribution >= 4 is 16.5 Å². The highest BCUT2D eigenvalue weighted by atomic mass is 32.1. The van der Waals surface area contributed by atoms with Crippen LogP contribution in [0.3, 0.4) is 0 Å². The number of hydrogen-bond acceptors (Lipinski definition) is 5. The van der Waals surface area contributed by atoms with Crippen molar-refractivity contribution in [2.75, 3.05) is 5.43 Å². The second-order valence-electron chi connectivity index (χ2n) is 1.50. The Morgan fingerprint density at radius 3 is 2.80 bits per heavy atom. The zero-order valence-electron chi connectivity index (χ0n) is 5.07. The van der Waals surface area contributed by atoms with Crippen LogP contribution in [0.5, 0.6) is 0 Å². The monoisotopic (exact) mass is 160 g/mol. The Morgan fingerprint density at radius 1 is 1.70 bits per heavy atom. The number of nitro groups is 1. The SMILES string of the molecule is Cc1nnc(N[N+](=O)[O-])s1. The van der Waals surface area contributed by atoms with Crippen LogP contribution in [0.4, 0.5) is 5.13 Å². The van der Waals surface area contributed by atoms with Crippen molar-refractivity contribution in [1.82, 2.24) is 10.2 Å². The normalized spacial score (nSPS) is 9.30. The molecule has 1 aromatic rings. The summed E-state index contributed by atoms with van der Waals surface area (Å²) >= 11 is 1.14. The van der Waals surface area contributed by atoms with E-state index in [1.165, 1.54) is 0 Å². The first-order valence-electron chi connectivity index (χ1n) is 2.39. The minimum Gasteiger partial charge on any atom is -0.234 e. The van der Waals surface area contributed by atoms with Crippen LogP contribution in [0, 0.1) is 17.0 Å². The zero-order valence-corrected chi connectivity index (χ0v) is 5.88. The number of rotatable bonds is 2. The lowest BCUT2D eigenvalue weighted by atomic mass is 10.9. The Morgan fingerprint density at radius 2 is 2.40 bits per heavy atom. The second-order valence-corrected chi connectivity index (χ2v) is 2.68. The van der Waals surface area contributed by atoms with E-state index in [2.05, 4.69) is 10.2 Å². The third kappa shape index (κ3) is 1.62. The molecule has 0 aliphatic rings. The Kier molecular flexibility index (Phi) is 1.76. The van der Waals surface area contributed by atoms with Gasteiger partial charge in [-0.25, -0.2) is 10.1 Å². The second kappa shape index (κ2) is 2.56. The summed E-state index contributed by atoms with van der Waals surface area (Å²) < 4.78 is 0. The molecule has 0 radical (unpaired) electrons. The molecule has 0 spiro atoms. The minimum atomic E-state index is -0.667. The molecular formula is C3H4N4O2S. The Hall–Kier alpha value is -1.24. The molecule has 10 heavy (non-hydrogen) atoms. The summed E-state index contributed by atoms with van der Waals surface area (Å²) in [5, 5.41) is 17.1. The number of aryl methyl sites for hydroxylation is 1. The molecule has 1 N–H and O–H groups in total. The number of nitrogens with one attached hydrogen (secondary N) is 1. The van der Waals surface area contributed by atoms with Crippen LogP contribution in [-0.4, -0.2) is 15.2 Å². The van der Waals surface area contributed by atoms with E-state index >= 15 is 0 Å². The Bertz CT molecular complexity index is 246. The van der Waals surface area contributed by atoms with Gasteiger partial charge in [-0.3, -0.25) is 0 Å². The standard InChI is InChI=1S/C3H4N4O2S/c1-2-4-5-3(10-2)6-7(8)9/h1H3,(H,5,6). The number of hydrazine groups is 1. The van der Waals surface area contributed by atoms with Crippen molar-refractivity contribution in [3.8, 4) is 0 Å². The largest absolute Gasteiger partial charge is 0.267 e. The van der Waals surface area contributed by atoms with E-state index in [-0.39, 0.29) is 5.13 Å². The van der Waals surface area contributed by atoms with E-state index in [4.69, 9.17) is 0 Å². The first-order valence-corrected chi connectivity index (χ1v) is 3.21. The number of aromatic nitrogens is 2. The van der Waals surface area contributed by atoms with Gasteiger partial charge >= 0.3 is 0 Å². The average Bonchev–Trinajstić information content (AvgIpc) is 2.13. The fourth-order valence-electron chi connectivity index (χ4n) is 0.420. The van der Waals surface area contributed by atoms with Crippen LogP contribution in [0.2, 0.25) is 0 Å². The molecule has 6 nitrogen and oxygen atoms in total. The first-order chi connectivity index (χ1) is 4.68. The van der Waals surface area contributed by atoms with Gasteiger partial charge in [0.2, 0.25) is 0 Å². The number of hydrogen-bond donors (Lipinski definition) is 1. The lowest BCUT2D eigenvalue weighted by molar-refractivity contribution is -0.445. The van der Waals surface area contributed by atoms with Gasteiger partial charge in [0.25, 0.3) is 5.13 Å². The first kappa shape index (κ1) is 6.87. The summed E-state index contributed by atoms with van der Waals surface area (Å²) in [5.41, 5.74) is 1.89. The molecular weight excluding hydrogens is 156 g/mol. The summed E-state index contributed by atoms with van der Waals surface area (Å²) in [4.78, 5) is 9.81. The fourth-order valence-corrected chi connectivity index (χ4v) is 0.983. The van der Waals surface area contributed by atoms with Gasteiger partial charge in [0.05, 0.1) is 0 Å². The van der Waals surface area contributed by atoms with Gasteiger partial charge in [0.15, 0.2) is 5.03 Å².